The van der Waals surface area contributed by atoms with Crippen molar-refractivity contribution in [3.8, 4) is 11.5 Å². The fourth-order valence-electron chi connectivity index (χ4n) is 4.78. The van der Waals surface area contributed by atoms with Crippen molar-refractivity contribution in [3.63, 3.8) is 0 Å². The van der Waals surface area contributed by atoms with Gasteiger partial charge in [-0.3, -0.25) is 9.69 Å². The number of ether oxygens (including phenoxy) is 2. The lowest BCUT2D eigenvalue weighted by molar-refractivity contribution is 0.0618. The van der Waals surface area contributed by atoms with Gasteiger partial charge in [-0.25, -0.2) is 0 Å². The lowest BCUT2D eigenvalue weighted by Gasteiger charge is -2.38. The number of piperidine rings is 1. The number of nitrogens with zero attached hydrogens (tertiary/aromatic N) is 1. The van der Waals surface area contributed by atoms with Gasteiger partial charge < -0.3 is 14.8 Å². The van der Waals surface area contributed by atoms with Crippen LogP contribution < -0.4 is 14.8 Å². The van der Waals surface area contributed by atoms with Crippen LogP contribution in [0.2, 0.25) is 0 Å². The van der Waals surface area contributed by atoms with Crippen LogP contribution in [-0.2, 0) is 6.54 Å². The molecule has 1 saturated heterocycles. The zero-order valence-electron chi connectivity index (χ0n) is 19.1. The highest BCUT2D eigenvalue weighted by atomic mass is 16.5. The smallest absolute Gasteiger partial charge is 0.251 e. The SMILES string of the molecule is COc1ccc2c(c1)[C@@H](NC(=O)c1ccc(CN3CCC[C@H](C)C3)cc1)CC(C)(C)O2. The lowest BCUT2D eigenvalue weighted by atomic mass is 9.89. The molecule has 1 fully saturated rings. The molecule has 0 aliphatic carbocycles. The van der Waals surface area contributed by atoms with Crippen molar-refractivity contribution >= 4 is 5.91 Å². The van der Waals surface area contributed by atoms with Crippen molar-refractivity contribution in [3.05, 3.63) is 59.2 Å². The minimum absolute atomic E-state index is 0.0605. The number of methoxy groups -OCH3 is 1. The maximum Gasteiger partial charge on any atom is 0.251 e. The topological polar surface area (TPSA) is 50.8 Å². The number of nitrogens with one attached hydrogen (secondary N) is 1. The number of hydrogen-bond donors (Lipinski definition) is 1. The normalized spacial score (nSPS) is 22.8. The van der Waals surface area contributed by atoms with Crippen molar-refractivity contribution in [2.45, 2.75) is 58.2 Å². The molecule has 5 nitrogen and oxygen atoms in total. The Morgan fingerprint density at radius 3 is 2.71 bits per heavy atom. The van der Waals surface area contributed by atoms with Crippen LogP contribution in [-0.4, -0.2) is 36.6 Å². The predicted molar refractivity (Wildman–Crippen MR) is 123 cm³/mol. The van der Waals surface area contributed by atoms with Gasteiger partial charge in [-0.2, -0.15) is 0 Å². The third-order valence-corrected chi connectivity index (χ3v) is 6.34. The summed E-state index contributed by atoms with van der Waals surface area (Å²) in [5.41, 5.74) is 2.55. The Morgan fingerprint density at radius 1 is 1.23 bits per heavy atom. The second-order valence-corrected chi connectivity index (χ2v) is 9.68. The molecular weight excluding hydrogens is 388 g/mol. The van der Waals surface area contributed by atoms with E-state index in [1.54, 1.807) is 7.11 Å². The molecular formula is C26H34N2O3. The average molecular weight is 423 g/mol. The molecule has 0 aromatic heterocycles. The predicted octanol–water partition coefficient (Wildman–Crippen LogP) is 4.96. The summed E-state index contributed by atoms with van der Waals surface area (Å²) in [5, 5.41) is 3.22. The van der Waals surface area contributed by atoms with Crippen LogP contribution in [0.25, 0.3) is 0 Å². The summed E-state index contributed by atoms with van der Waals surface area (Å²) in [6, 6.07) is 13.7. The fraction of sp³-hybridized carbons (Fsp3) is 0.500. The Labute approximate surface area is 185 Å². The highest BCUT2D eigenvalue weighted by molar-refractivity contribution is 5.94. The second kappa shape index (κ2) is 8.91. The van der Waals surface area contributed by atoms with Gasteiger partial charge in [0.2, 0.25) is 0 Å². The molecule has 0 unspecified atom stereocenters. The van der Waals surface area contributed by atoms with E-state index in [-0.39, 0.29) is 17.6 Å². The Kier molecular flexibility index (Phi) is 6.24. The first-order valence-electron chi connectivity index (χ1n) is 11.3. The number of amides is 1. The van der Waals surface area contributed by atoms with Crippen LogP contribution in [0.1, 0.15) is 67.6 Å². The number of rotatable bonds is 5. The molecule has 1 amide bonds. The maximum atomic E-state index is 13.0. The molecule has 4 rings (SSSR count). The molecule has 2 aromatic carbocycles. The van der Waals surface area contributed by atoms with E-state index in [0.29, 0.717) is 12.0 Å². The zero-order valence-corrected chi connectivity index (χ0v) is 19.1. The van der Waals surface area contributed by atoms with Crippen LogP contribution >= 0.6 is 0 Å². The molecule has 1 N–H and O–H groups in total. The van der Waals surface area contributed by atoms with Gasteiger partial charge in [-0.1, -0.05) is 19.1 Å². The standard InChI is InChI=1S/C26H34N2O3/c1-18-6-5-13-28(16-18)17-19-7-9-20(10-8-19)25(29)27-23-15-26(2,3)31-24-12-11-21(30-4)14-22(23)24/h7-12,14,18,23H,5-6,13,15-17H2,1-4H3,(H,27,29)/t18-,23-/m0/s1. The molecule has 5 heteroatoms. The number of fused-ring (bicyclic) bond motifs is 1. The minimum Gasteiger partial charge on any atom is -0.497 e. The minimum atomic E-state index is -0.352. The Bertz CT molecular complexity index is 923. The first-order valence-corrected chi connectivity index (χ1v) is 11.3. The highest BCUT2D eigenvalue weighted by Crippen LogP contribution is 2.41. The van der Waals surface area contributed by atoms with Gasteiger partial charge in [0.05, 0.1) is 13.2 Å². The summed E-state index contributed by atoms with van der Waals surface area (Å²) < 4.78 is 11.5. The number of carbonyl (C=O) groups is 1. The Balaban J connectivity index is 1.45. The van der Waals surface area contributed by atoms with Crippen molar-refractivity contribution in [1.82, 2.24) is 10.2 Å². The van der Waals surface area contributed by atoms with Crippen molar-refractivity contribution in [2.24, 2.45) is 5.92 Å². The van der Waals surface area contributed by atoms with Crippen LogP contribution in [0.3, 0.4) is 0 Å². The maximum absolute atomic E-state index is 13.0. The van der Waals surface area contributed by atoms with E-state index in [1.807, 2.05) is 30.3 Å². The molecule has 0 bridgehead atoms. The van der Waals surface area contributed by atoms with Gasteiger partial charge >= 0.3 is 0 Å². The molecule has 166 valence electrons. The lowest BCUT2D eigenvalue weighted by Crippen LogP contribution is -2.41. The van der Waals surface area contributed by atoms with E-state index < -0.39 is 0 Å². The van der Waals surface area contributed by atoms with Crippen LogP contribution in [0, 0.1) is 5.92 Å². The van der Waals surface area contributed by atoms with E-state index in [4.69, 9.17) is 9.47 Å². The van der Waals surface area contributed by atoms with E-state index in [1.165, 1.54) is 18.4 Å². The van der Waals surface area contributed by atoms with E-state index in [2.05, 4.69) is 43.1 Å². The van der Waals surface area contributed by atoms with Crippen molar-refractivity contribution in [2.75, 3.05) is 20.2 Å². The Morgan fingerprint density at radius 2 is 2.00 bits per heavy atom. The summed E-state index contributed by atoms with van der Waals surface area (Å²) in [7, 11) is 1.65. The summed E-state index contributed by atoms with van der Waals surface area (Å²) in [5.74, 6) is 2.27. The molecule has 2 atom stereocenters. The van der Waals surface area contributed by atoms with Crippen LogP contribution in [0.5, 0.6) is 11.5 Å². The number of benzene rings is 2. The number of likely N-dealkylation sites (tertiary alicyclic amines) is 1. The Hall–Kier alpha value is -2.53. The summed E-state index contributed by atoms with van der Waals surface area (Å²) >= 11 is 0. The van der Waals surface area contributed by atoms with E-state index in [0.717, 1.165) is 42.6 Å². The molecule has 2 aliphatic rings. The van der Waals surface area contributed by atoms with Crippen LogP contribution in [0.4, 0.5) is 0 Å². The quantitative estimate of drug-likeness (QED) is 0.740. The monoisotopic (exact) mass is 422 g/mol. The molecule has 0 radical (unpaired) electrons. The zero-order chi connectivity index (χ0) is 22.0. The van der Waals surface area contributed by atoms with E-state index >= 15 is 0 Å². The largest absolute Gasteiger partial charge is 0.497 e. The molecule has 0 spiro atoms. The molecule has 31 heavy (non-hydrogen) atoms. The first-order chi connectivity index (χ1) is 14.8. The van der Waals surface area contributed by atoms with E-state index in [9.17, 15) is 4.79 Å². The van der Waals surface area contributed by atoms with Gasteiger partial charge in [-0.15, -0.1) is 0 Å². The van der Waals surface area contributed by atoms with Gasteiger partial charge in [0.25, 0.3) is 5.91 Å². The number of hydrogen-bond acceptors (Lipinski definition) is 4. The number of carbonyl (C=O) groups excluding carboxylic acids is 1. The van der Waals surface area contributed by atoms with Crippen molar-refractivity contribution in [1.29, 1.82) is 0 Å². The molecule has 2 heterocycles. The summed E-state index contributed by atoms with van der Waals surface area (Å²) in [4.78, 5) is 15.6. The van der Waals surface area contributed by atoms with Gasteiger partial charge in [0.15, 0.2) is 0 Å². The first kappa shape index (κ1) is 21.7. The highest BCUT2D eigenvalue weighted by Gasteiger charge is 2.35. The summed E-state index contributed by atoms with van der Waals surface area (Å²) in [6.45, 7) is 9.70. The molecule has 0 saturated carbocycles. The average Bonchev–Trinajstić information content (AvgIpc) is 2.73. The second-order valence-electron chi connectivity index (χ2n) is 9.68. The molecule has 2 aromatic rings. The van der Waals surface area contributed by atoms with Gasteiger partial charge in [0.1, 0.15) is 17.1 Å². The van der Waals surface area contributed by atoms with Gasteiger partial charge in [0, 0.05) is 30.6 Å². The third kappa shape index (κ3) is 5.21. The fourth-order valence-corrected chi connectivity index (χ4v) is 4.78. The van der Waals surface area contributed by atoms with Gasteiger partial charge in [-0.05, 0) is 75.0 Å². The molecule has 2 aliphatic heterocycles. The van der Waals surface area contributed by atoms with Crippen LogP contribution in [0.15, 0.2) is 42.5 Å². The van der Waals surface area contributed by atoms with Crippen molar-refractivity contribution < 1.29 is 14.3 Å². The third-order valence-electron chi connectivity index (χ3n) is 6.34. The summed E-state index contributed by atoms with van der Waals surface area (Å²) in [6.07, 6.45) is 3.30.